The molecule has 27 heavy (non-hydrogen) atoms. The molecule has 3 aromatic rings. The number of hydrogen-bond donors (Lipinski definition) is 1. The van der Waals surface area contributed by atoms with E-state index in [1.807, 2.05) is 0 Å². The lowest BCUT2D eigenvalue weighted by atomic mass is 10.2. The third-order valence-corrected chi connectivity index (χ3v) is 6.43. The van der Waals surface area contributed by atoms with E-state index >= 15 is 0 Å². The van der Waals surface area contributed by atoms with Crippen LogP contribution in [0.25, 0.3) is 0 Å². The van der Waals surface area contributed by atoms with Gasteiger partial charge in [-0.1, -0.05) is 35.9 Å². The third-order valence-electron chi connectivity index (χ3n) is 4.06. The van der Waals surface area contributed by atoms with Crippen molar-refractivity contribution in [1.82, 2.24) is 10.3 Å². The van der Waals surface area contributed by atoms with E-state index in [1.54, 1.807) is 72.9 Å². The van der Waals surface area contributed by atoms with Gasteiger partial charge in [-0.15, -0.1) is 0 Å². The minimum Gasteiger partial charge on any atom is -0.350 e. The van der Waals surface area contributed by atoms with Crippen molar-refractivity contribution in [1.29, 1.82) is 0 Å². The van der Waals surface area contributed by atoms with Crippen LogP contribution in [-0.4, -0.2) is 25.9 Å². The summed E-state index contributed by atoms with van der Waals surface area (Å²) in [4.78, 5) is 16.6. The Morgan fingerprint density at radius 3 is 2.33 bits per heavy atom. The van der Waals surface area contributed by atoms with E-state index in [0.717, 1.165) is 0 Å². The Balaban J connectivity index is 1.87. The average Bonchev–Trinajstić information content (AvgIpc) is 2.70. The maximum absolute atomic E-state index is 13.1. The number of carbonyl (C=O) groups excluding carboxylic acids is 1. The number of pyridine rings is 1. The lowest BCUT2D eigenvalue weighted by molar-refractivity contribution is 0.0953. The van der Waals surface area contributed by atoms with Gasteiger partial charge in [-0.3, -0.25) is 9.78 Å². The molecule has 2 aromatic carbocycles. The first-order valence-corrected chi connectivity index (χ1v) is 10.1. The topological polar surface area (TPSA) is 76.1 Å². The van der Waals surface area contributed by atoms with Crippen LogP contribution >= 0.6 is 11.6 Å². The fourth-order valence-corrected chi connectivity index (χ4v) is 4.43. The van der Waals surface area contributed by atoms with E-state index in [0.29, 0.717) is 16.1 Å². The number of nitrogens with zero attached hydrogens (tertiary/aromatic N) is 1. The number of sulfone groups is 1. The van der Waals surface area contributed by atoms with Gasteiger partial charge in [0.05, 0.1) is 4.90 Å². The van der Waals surface area contributed by atoms with Crippen LogP contribution in [0, 0.1) is 0 Å². The van der Waals surface area contributed by atoms with E-state index in [4.69, 9.17) is 11.6 Å². The van der Waals surface area contributed by atoms with Gasteiger partial charge in [0.15, 0.2) is 9.84 Å². The zero-order valence-electron chi connectivity index (χ0n) is 14.2. The van der Waals surface area contributed by atoms with Crippen LogP contribution in [0.3, 0.4) is 0 Å². The molecule has 1 amide bonds. The van der Waals surface area contributed by atoms with Gasteiger partial charge in [0, 0.05) is 29.5 Å². The number of hydrogen-bond acceptors (Lipinski definition) is 4. The molecule has 0 bridgehead atoms. The molecule has 0 radical (unpaired) electrons. The largest absolute Gasteiger partial charge is 0.350 e. The van der Waals surface area contributed by atoms with Gasteiger partial charge in [0.25, 0.3) is 5.91 Å². The first kappa shape index (κ1) is 19.1. The van der Waals surface area contributed by atoms with Gasteiger partial charge in [-0.05, 0) is 48.0 Å². The van der Waals surface area contributed by atoms with Crippen LogP contribution in [0.4, 0.5) is 0 Å². The molecule has 1 N–H and O–H groups in total. The molecular weight excluding hydrogens is 384 g/mol. The predicted octanol–water partition coefficient (Wildman–Crippen LogP) is 3.68. The summed E-state index contributed by atoms with van der Waals surface area (Å²) >= 11 is 5.83. The fraction of sp³-hybridized carbons (Fsp3) is 0.100. The van der Waals surface area contributed by atoms with Gasteiger partial charge in [-0.2, -0.15) is 0 Å². The highest BCUT2D eigenvalue weighted by atomic mass is 35.5. The van der Waals surface area contributed by atoms with Crippen molar-refractivity contribution in [3.8, 4) is 0 Å². The molecule has 7 heteroatoms. The monoisotopic (exact) mass is 400 g/mol. The van der Waals surface area contributed by atoms with Crippen LogP contribution in [0.2, 0.25) is 5.02 Å². The van der Waals surface area contributed by atoms with E-state index in [9.17, 15) is 13.2 Å². The smallest absolute Gasteiger partial charge is 0.251 e. The Kier molecular flexibility index (Phi) is 5.88. The molecular formula is C20H17ClN2O3S. The molecule has 5 nitrogen and oxygen atoms in total. The van der Waals surface area contributed by atoms with Crippen LogP contribution in [0.1, 0.15) is 21.2 Å². The second kappa shape index (κ2) is 8.33. The molecule has 1 atom stereocenters. The number of amides is 1. The summed E-state index contributed by atoms with van der Waals surface area (Å²) in [5.74, 6) is -0.371. The van der Waals surface area contributed by atoms with Crippen molar-refractivity contribution in [2.75, 3.05) is 6.54 Å². The van der Waals surface area contributed by atoms with E-state index < -0.39 is 15.1 Å². The minimum absolute atomic E-state index is 0.0790. The first-order chi connectivity index (χ1) is 13.0. The Morgan fingerprint density at radius 2 is 1.70 bits per heavy atom. The SMILES string of the molecule is O=C(NC[C@@H](c1cccnc1)S(=O)(=O)c1ccccc1)c1ccc(Cl)cc1. The summed E-state index contributed by atoms with van der Waals surface area (Å²) in [7, 11) is -3.71. The maximum atomic E-state index is 13.1. The highest BCUT2D eigenvalue weighted by molar-refractivity contribution is 7.91. The van der Waals surface area contributed by atoms with Crippen LogP contribution < -0.4 is 5.32 Å². The van der Waals surface area contributed by atoms with Crippen molar-refractivity contribution in [3.05, 3.63) is 95.3 Å². The minimum atomic E-state index is -3.71. The number of benzene rings is 2. The van der Waals surface area contributed by atoms with Crippen molar-refractivity contribution in [2.45, 2.75) is 10.1 Å². The number of nitrogens with one attached hydrogen (secondary N) is 1. The van der Waals surface area contributed by atoms with Gasteiger partial charge in [-0.25, -0.2) is 8.42 Å². The molecule has 0 aliphatic carbocycles. The van der Waals surface area contributed by atoms with Gasteiger partial charge >= 0.3 is 0 Å². The summed E-state index contributed by atoms with van der Waals surface area (Å²) in [6.07, 6.45) is 3.07. The van der Waals surface area contributed by atoms with Crippen molar-refractivity contribution in [2.24, 2.45) is 0 Å². The van der Waals surface area contributed by atoms with Crippen molar-refractivity contribution < 1.29 is 13.2 Å². The summed E-state index contributed by atoms with van der Waals surface area (Å²) in [6, 6.07) is 17.9. The summed E-state index contributed by atoms with van der Waals surface area (Å²) < 4.78 is 26.3. The maximum Gasteiger partial charge on any atom is 0.251 e. The lowest BCUT2D eigenvalue weighted by Gasteiger charge is -2.19. The summed E-state index contributed by atoms with van der Waals surface area (Å²) in [5.41, 5.74) is 0.916. The molecule has 0 saturated heterocycles. The zero-order chi connectivity index (χ0) is 19.3. The van der Waals surface area contributed by atoms with Crippen LogP contribution in [-0.2, 0) is 9.84 Å². The second-order valence-electron chi connectivity index (χ2n) is 5.85. The number of carbonyl (C=O) groups is 1. The lowest BCUT2D eigenvalue weighted by Crippen LogP contribution is -2.32. The molecule has 0 fully saturated rings. The van der Waals surface area contributed by atoms with Crippen molar-refractivity contribution in [3.63, 3.8) is 0 Å². The molecule has 0 saturated carbocycles. The highest BCUT2D eigenvalue weighted by Gasteiger charge is 2.29. The Bertz CT molecular complexity index is 1010. The van der Waals surface area contributed by atoms with E-state index in [2.05, 4.69) is 10.3 Å². The summed E-state index contributed by atoms with van der Waals surface area (Å²) in [5, 5.41) is 2.27. The quantitative estimate of drug-likeness (QED) is 0.684. The fourth-order valence-electron chi connectivity index (χ4n) is 2.64. The Labute approximate surface area is 163 Å². The van der Waals surface area contributed by atoms with E-state index in [-0.39, 0.29) is 17.3 Å². The normalized spacial score (nSPS) is 12.3. The molecule has 0 spiro atoms. The van der Waals surface area contributed by atoms with Gasteiger partial charge < -0.3 is 5.32 Å². The predicted molar refractivity (Wildman–Crippen MR) is 104 cm³/mol. The first-order valence-electron chi connectivity index (χ1n) is 8.21. The molecule has 1 heterocycles. The van der Waals surface area contributed by atoms with Gasteiger partial charge in [0.2, 0.25) is 0 Å². The van der Waals surface area contributed by atoms with E-state index in [1.165, 1.54) is 6.20 Å². The number of aromatic nitrogens is 1. The molecule has 1 aromatic heterocycles. The van der Waals surface area contributed by atoms with Crippen LogP contribution in [0.5, 0.6) is 0 Å². The molecule has 138 valence electrons. The highest BCUT2D eigenvalue weighted by Crippen LogP contribution is 2.28. The standard InChI is InChI=1S/C20H17ClN2O3S/c21-17-10-8-15(9-11-17)20(24)23-14-19(16-5-4-12-22-13-16)27(25,26)18-6-2-1-3-7-18/h1-13,19H,14H2,(H,23,24)/t19-/m0/s1. The molecule has 0 aliphatic rings. The summed E-state index contributed by atoms with van der Waals surface area (Å²) in [6.45, 7) is -0.0790. The Morgan fingerprint density at radius 1 is 1.00 bits per heavy atom. The zero-order valence-corrected chi connectivity index (χ0v) is 15.8. The second-order valence-corrected chi connectivity index (χ2v) is 8.42. The number of halogens is 1. The third kappa shape index (κ3) is 4.53. The number of rotatable bonds is 6. The Hall–Kier alpha value is -2.70. The van der Waals surface area contributed by atoms with Gasteiger partial charge in [0.1, 0.15) is 5.25 Å². The average molecular weight is 401 g/mol. The van der Waals surface area contributed by atoms with Crippen LogP contribution in [0.15, 0.2) is 84.0 Å². The molecule has 0 aliphatic heterocycles. The molecule has 0 unspecified atom stereocenters. The molecule has 3 rings (SSSR count). The van der Waals surface area contributed by atoms with Crippen molar-refractivity contribution >= 4 is 27.3 Å².